The number of aryl methyl sites for hydroxylation is 1. The zero-order valence-electron chi connectivity index (χ0n) is 10.9. The maximum Gasteiger partial charge on any atom is 0.224 e. The second kappa shape index (κ2) is 4.76. The molecular weight excluding hydrogens is 236 g/mol. The summed E-state index contributed by atoms with van der Waals surface area (Å²) in [6.07, 6.45) is 1.28. The Labute approximate surface area is 112 Å². The first-order valence-electron chi connectivity index (χ1n) is 6.46. The third-order valence-corrected chi connectivity index (χ3v) is 3.51. The van der Waals surface area contributed by atoms with Crippen molar-refractivity contribution in [3.8, 4) is 0 Å². The van der Waals surface area contributed by atoms with Gasteiger partial charge in [-0.2, -0.15) is 0 Å². The van der Waals surface area contributed by atoms with Gasteiger partial charge in [-0.3, -0.25) is 4.79 Å². The smallest absolute Gasteiger partial charge is 0.224 e. The number of rotatable bonds is 0. The molecule has 2 aromatic carbocycles. The quantitative estimate of drug-likeness (QED) is 0.780. The van der Waals surface area contributed by atoms with Crippen molar-refractivity contribution in [3.05, 3.63) is 54.1 Å². The molecule has 0 aromatic heterocycles. The summed E-state index contributed by atoms with van der Waals surface area (Å²) in [7, 11) is 2.04. The van der Waals surface area contributed by atoms with Gasteiger partial charge in [-0.05, 0) is 30.2 Å². The molecule has 0 aliphatic carbocycles. The lowest BCUT2D eigenvalue weighted by Crippen LogP contribution is -2.14. The van der Waals surface area contributed by atoms with Gasteiger partial charge in [0.15, 0.2) is 0 Å². The molecule has 1 N–H and O–H groups in total. The third-order valence-electron chi connectivity index (χ3n) is 3.51. The van der Waals surface area contributed by atoms with Crippen LogP contribution in [0.1, 0.15) is 12.0 Å². The van der Waals surface area contributed by atoms with Crippen molar-refractivity contribution in [2.24, 2.45) is 0 Å². The normalized spacial score (nSPS) is 14.6. The second-order valence-corrected chi connectivity index (χ2v) is 4.75. The van der Waals surface area contributed by atoms with E-state index in [0.29, 0.717) is 6.42 Å². The number of hydrogen-bond acceptors (Lipinski definition) is 2. The van der Waals surface area contributed by atoms with E-state index in [9.17, 15) is 4.79 Å². The Morgan fingerprint density at radius 1 is 0.947 bits per heavy atom. The number of carbonyl (C=O) groups excluding carboxylic acids is 1. The summed E-state index contributed by atoms with van der Waals surface area (Å²) in [6, 6.07) is 16.1. The molecule has 2 aromatic rings. The highest BCUT2D eigenvalue weighted by molar-refractivity contribution is 5.96. The standard InChI is InChI=1S/C16H16N2O/c1-18-14-8-4-2-6-12(14)10-11-16(19)17-13-7-3-5-9-15(13)18/h2-9H,10-11H2,1H3,(H,17,19). The summed E-state index contributed by atoms with van der Waals surface area (Å²) in [5, 5.41) is 2.99. The minimum atomic E-state index is 0.0672. The van der Waals surface area contributed by atoms with Crippen LogP contribution in [0, 0.1) is 0 Å². The molecule has 1 aliphatic heterocycles. The lowest BCUT2D eigenvalue weighted by molar-refractivity contribution is -0.116. The van der Waals surface area contributed by atoms with Gasteiger partial charge in [-0.15, -0.1) is 0 Å². The van der Waals surface area contributed by atoms with E-state index in [1.165, 1.54) is 5.56 Å². The van der Waals surface area contributed by atoms with Gasteiger partial charge in [0.25, 0.3) is 0 Å². The monoisotopic (exact) mass is 252 g/mol. The Hall–Kier alpha value is -2.29. The summed E-state index contributed by atoms with van der Waals surface area (Å²) < 4.78 is 0. The van der Waals surface area contributed by atoms with Crippen LogP contribution in [0.3, 0.4) is 0 Å². The summed E-state index contributed by atoms with van der Waals surface area (Å²) in [5.41, 5.74) is 4.25. The van der Waals surface area contributed by atoms with Crippen molar-refractivity contribution in [1.82, 2.24) is 0 Å². The lowest BCUT2D eigenvalue weighted by atomic mass is 10.1. The minimum absolute atomic E-state index is 0.0672. The number of nitrogens with one attached hydrogen (secondary N) is 1. The van der Waals surface area contributed by atoms with Gasteiger partial charge in [-0.1, -0.05) is 30.3 Å². The molecule has 0 unspecified atom stereocenters. The largest absolute Gasteiger partial charge is 0.343 e. The first kappa shape index (κ1) is 11.8. The number of nitrogens with zero attached hydrogens (tertiary/aromatic N) is 1. The molecule has 1 amide bonds. The van der Waals surface area contributed by atoms with E-state index in [1.54, 1.807) is 0 Å². The number of amides is 1. The molecule has 96 valence electrons. The third kappa shape index (κ3) is 2.19. The van der Waals surface area contributed by atoms with Crippen LogP contribution in [0.4, 0.5) is 17.1 Å². The highest BCUT2D eigenvalue weighted by Crippen LogP contribution is 2.34. The zero-order valence-corrected chi connectivity index (χ0v) is 10.9. The fourth-order valence-electron chi connectivity index (χ4n) is 2.51. The van der Waals surface area contributed by atoms with Crippen molar-refractivity contribution in [3.63, 3.8) is 0 Å². The average Bonchev–Trinajstić information content (AvgIpc) is 2.49. The molecule has 0 radical (unpaired) electrons. The Balaban J connectivity index is 2.17. The molecule has 0 saturated carbocycles. The van der Waals surface area contributed by atoms with Crippen LogP contribution in [0.5, 0.6) is 0 Å². The number of fused-ring (bicyclic) bond motifs is 2. The van der Waals surface area contributed by atoms with Gasteiger partial charge < -0.3 is 10.2 Å². The van der Waals surface area contributed by atoms with Crippen LogP contribution in [0.25, 0.3) is 0 Å². The van der Waals surface area contributed by atoms with E-state index < -0.39 is 0 Å². The Morgan fingerprint density at radius 2 is 1.63 bits per heavy atom. The molecule has 0 atom stereocenters. The number of carbonyl (C=O) groups is 1. The van der Waals surface area contributed by atoms with E-state index >= 15 is 0 Å². The van der Waals surface area contributed by atoms with Crippen molar-refractivity contribution < 1.29 is 4.79 Å². The van der Waals surface area contributed by atoms with Crippen LogP contribution < -0.4 is 10.2 Å². The van der Waals surface area contributed by atoms with Crippen molar-refractivity contribution in [2.45, 2.75) is 12.8 Å². The van der Waals surface area contributed by atoms with Crippen LogP contribution in [-0.2, 0) is 11.2 Å². The number of benzene rings is 2. The number of para-hydroxylation sites is 3. The Bertz CT molecular complexity index is 622. The first-order valence-corrected chi connectivity index (χ1v) is 6.46. The molecule has 3 nitrogen and oxygen atoms in total. The molecule has 0 bridgehead atoms. The van der Waals surface area contributed by atoms with Gasteiger partial charge in [0.2, 0.25) is 5.91 Å². The van der Waals surface area contributed by atoms with Crippen LogP contribution in [0.15, 0.2) is 48.5 Å². The fraction of sp³-hybridized carbons (Fsp3) is 0.188. The van der Waals surface area contributed by atoms with Gasteiger partial charge in [-0.25, -0.2) is 0 Å². The van der Waals surface area contributed by atoms with Gasteiger partial charge in [0.1, 0.15) is 0 Å². The predicted molar refractivity (Wildman–Crippen MR) is 77.9 cm³/mol. The van der Waals surface area contributed by atoms with Crippen LogP contribution in [-0.4, -0.2) is 13.0 Å². The topological polar surface area (TPSA) is 32.3 Å². The van der Waals surface area contributed by atoms with E-state index in [4.69, 9.17) is 0 Å². The summed E-state index contributed by atoms with van der Waals surface area (Å²) >= 11 is 0. The Morgan fingerprint density at radius 3 is 2.47 bits per heavy atom. The molecule has 0 spiro atoms. The van der Waals surface area contributed by atoms with Crippen molar-refractivity contribution in [2.75, 3.05) is 17.3 Å². The molecule has 0 saturated heterocycles. The molecular formula is C16H16N2O. The van der Waals surface area contributed by atoms with Gasteiger partial charge in [0, 0.05) is 19.2 Å². The minimum Gasteiger partial charge on any atom is -0.343 e. The molecule has 1 heterocycles. The summed E-state index contributed by atoms with van der Waals surface area (Å²) in [4.78, 5) is 14.1. The summed E-state index contributed by atoms with van der Waals surface area (Å²) in [5.74, 6) is 0.0672. The van der Waals surface area contributed by atoms with Crippen molar-refractivity contribution in [1.29, 1.82) is 0 Å². The van der Waals surface area contributed by atoms with Gasteiger partial charge >= 0.3 is 0 Å². The molecule has 1 aliphatic rings. The fourth-order valence-corrected chi connectivity index (χ4v) is 2.51. The zero-order chi connectivity index (χ0) is 13.2. The van der Waals surface area contributed by atoms with Crippen LogP contribution >= 0.6 is 0 Å². The number of anilines is 3. The van der Waals surface area contributed by atoms with Gasteiger partial charge in [0.05, 0.1) is 11.4 Å². The maximum atomic E-state index is 11.9. The predicted octanol–water partition coefficient (Wildman–Crippen LogP) is 3.34. The van der Waals surface area contributed by atoms with Crippen molar-refractivity contribution >= 4 is 23.0 Å². The molecule has 3 rings (SSSR count). The average molecular weight is 252 g/mol. The molecule has 19 heavy (non-hydrogen) atoms. The molecule has 0 fully saturated rings. The lowest BCUT2D eigenvalue weighted by Gasteiger charge is -2.23. The number of hydrogen-bond donors (Lipinski definition) is 1. The Kier molecular flexibility index (Phi) is 2.95. The molecule has 3 heteroatoms. The SMILES string of the molecule is CN1c2ccccc2CCC(=O)Nc2ccccc21. The van der Waals surface area contributed by atoms with E-state index in [0.717, 1.165) is 23.5 Å². The first-order chi connectivity index (χ1) is 9.25. The highest BCUT2D eigenvalue weighted by atomic mass is 16.1. The van der Waals surface area contributed by atoms with Crippen LogP contribution in [0.2, 0.25) is 0 Å². The highest BCUT2D eigenvalue weighted by Gasteiger charge is 2.16. The maximum absolute atomic E-state index is 11.9. The van der Waals surface area contributed by atoms with E-state index in [2.05, 4.69) is 22.3 Å². The van der Waals surface area contributed by atoms with E-state index in [1.807, 2.05) is 43.4 Å². The summed E-state index contributed by atoms with van der Waals surface area (Å²) in [6.45, 7) is 0. The van der Waals surface area contributed by atoms with E-state index in [-0.39, 0.29) is 5.91 Å². The second-order valence-electron chi connectivity index (χ2n) is 4.75.